The minimum Gasteiger partial charge on any atom is -0.258 e. The van der Waals surface area contributed by atoms with Gasteiger partial charge >= 0.3 is 0 Å². The third kappa shape index (κ3) is 2.31. The molecule has 0 saturated carbocycles. The summed E-state index contributed by atoms with van der Waals surface area (Å²) in [4.78, 5) is 12.2. The molecule has 30 heavy (non-hydrogen) atoms. The summed E-state index contributed by atoms with van der Waals surface area (Å²) < 4.78 is 2.33. The monoisotopic (exact) mass is 405 g/mol. The summed E-state index contributed by atoms with van der Waals surface area (Å²) in [6.45, 7) is 0. The van der Waals surface area contributed by atoms with Crippen LogP contribution in [-0.4, -0.2) is 4.92 Å². The summed E-state index contributed by atoms with van der Waals surface area (Å²) in [5, 5.41) is 18.1. The molecule has 0 unspecified atom stereocenters. The number of nitro groups is 1. The lowest BCUT2D eigenvalue weighted by Gasteiger charge is -2.13. The highest BCUT2D eigenvalue weighted by Crippen LogP contribution is 2.48. The Labute approximate surface area is 176 Å². The quantitative estimate of drug-likeness (QED) is 0.167. The van der Waals surface area contributed by atoms with Gasteiger partial charge in [-0.25, -0.2) is 0 Å². The third-order valence-corrected chi connectivity index (χ3v) is 6.90. The molecule has 0 fully saturated rings. The normalized spacial score (nSPS) is 11.6. The van der Waals surface area contributed by atoms with E-state index in [9.17, 15) is 10.1 Å². The number of fused-ring (bicyclic) bond motifs is 6. The van der Waals surface area contributed by atoms with Crippen molar-refractivity contribution in [1.82, 2.24) is 0 Å². The highest BCUT2D eigenvalue weighted by molar-refractivity contribution is 7.25. The van der Waals surface area contributed by atoms with E-state index in [1.165, 1.54) is 4.70 Å². The molecular formula is C26H15NO2S. The van der Waals surface area contributed by atoms with Crippen molar-refractivity contribution in [2.45, 2.75) is 0 Å². The zero-order valence-corrected chi connectivity index (χ0v) is 16.6. The fraction of sp³-hybridized carbons (Fsp3) is 0. The van der Waals surface area contributed by atoms with Crippen LogP contribution < -0.4 is 0 Å². The summed E-state index contributed by atoms with van der Waals surface area (Å²) in [5.41, 5.74) is 1.79. The molecular weight excluding hydrogens is 390 g/mol. The van der Waals surface area contributed by atoms with Crippen molar-refractivity contribution in [2.24, 2.45) is 0 Å². The SMILES string of the molecule is O=[N+]([O-])c1c(-c2cccc3sc4ccccc4c23)c2ccccc2c2ccccc12. The first-order valence-corrected chi connectivity index (χ1v) is 10.5. The van der Waals surface area contributed by atoms with Crippen molar-refractivity contribution in [1.29, 1.82) is 0 Å². The number of rotatable bonds is 2. The predicted octanol–water partition coefficient (Wildman–Crippen LogP) is 7.94. The Morgan fingerprint density at radius 3 is 1.90 bits per heavy atom. The first kappa shape index (κ1) is 17.1. The fourth-order valence-electron chi connectivity index (χ4n) is 4.57. The second-order valence-corrected chi connectivity index (χ2v) is 8.43. The lowest BCUT2D eigenvalue weighted by atomic mass is 9.89. The Hall–Kier alpha value is -3.76. The van der Waals surface area contributed by atoms with Gasteiger partial charge in [-0.3, -0.25) is 10.1 Å². The van der Waals surface area contributed by atoms with Gasteiger partial charge in [0.15, 0.2) is 0 Å². The van der Waals surface area contributed by atoms with Crippen molar-refractivity contribution >= 4 is 58.7 Å². The van der Waals surface area contributed by atoms with E-state index in [-0.39, 0.29) is 10.6 Å². The fourth-order valence-corrected chi connectivity index (χ4v) is 5.70. The first-order valence-electron chi connectivity index (χ1n) is 9.72. The second kappa shape index (κ2) is 6.37. The van der Waals surface area contributed by atoms with Gasteiger partial charge in [-0.2, -0.15) is 0 Å². The van der Waals surface area contributed by atoms with Gasteiger partial charge in [-0.05, 0) is 39.9 Å². The van der Waals surface area contributed by atoms with E-state index in [1.54, 1.807) is 11.3 Å². The van der Waals surface area contributed by atoms with E-state index in [0.717, 1.165) is 37.2 Å². The van der Waals surface area contributed by atoms with E-state index < -0.39 is 0 Å². The Morgan fingerprint density at radius 1 is 0.600 bits per heavy atom. The largest absolute Gasteiger partial charge is 0.285 e. The molecule has 6 aromatic rings. The van der Waals surface area contributed by atoms with Gasteiger partial charge in [0.1, 0.15) is 0 Å². The molecule has 0 atom stereocenters. The third-order valence-electron chi connectivity index (χ3n) is 5.76. The second-order valence-electron chi connectivity index (χ2n) is 7.35. The van der Waals surface area contributed by atoms with Gasteiger partial charge in [0.2, 0.25) is 0 Å². The summed E-state index contributed by atoms with van der Waals surface area (Å²) >= 11 is 1.72. The van der Waals surface area contributed by atoms with Gasteiger partial charge in [-0.15, -0.1) is 11.3 Å². The highest BCUT2D eigenvalue weighted by atomic mass is 32.1. The molecule has 0 amide bonds. The lowest BCUT2D eigenvalue weighted by molar-refractivity contribution is -0.382. The molecule has 0 aliphatic heterocycles. The number of thiophene rings is 1. The molecule has 1 aromatic heterocycles. The van der Waals surface area contributed by atoms with Crippen LogP contribution in [0.2, 0.25) is 0 Å². The molecule has 5 aromatic carbocycles. The molecule has 4 heteroatoms. The molecule has 0 saturated heterocycles. The van der Waals surface area contributed by atoms with Crippen LogP contribution in [0.3, 0.4) is 0 Å². The molecule has 142 valence electrons. The average molecular weight is 405 g/mol. The first-order chi connectivity index (χ1) is 14.7. The molecule has 3 nitrogen and oxygen atoms in total. The molecule has 0 aliphatic rings. The summed E-state index contributed by atoms with van der Waals surface area (Å²) in [7, 11) is 0. The lowest BCUT2D eigenvalue weighted by Crippen LogP contribution is -1.96. The maximum absolute atomic E-state index is 12.4. The molecule has 0 radical (unpaired) electrons. The minimum absolute atomic E-state index is 0.173. The maximum Gasteiger partial charge on any atom is 0.285 e. The van der Waals surface area contributed by atoms with Crippen molar-refractivity contribution in [3.05, 3.63) is 101 Å². The number of hydrogen-bond acceptors (Lipinski definition) is 3. The van der Waals surface area contributed by atoms with Crippen LogP contribution in [-0.2, 0) is 0 Å². The van der Waals surface area contributed by atoms with Crippen LogP contribution in [0, 0.1) is 10.1 Å². The molecule has 0 aliphatic carbocycles. The van der Waals surface area contributed by atoms with Gasteiger partial charge in [0, 0.05) is 20.2 Å². The standard InChI is InChI=1S/C26H15NO2S/c28-27(29)26-19-11-4-2-9-17(19)16-8-1-3-10-18(16)25(26)21-13-7-15-23-24(21)20-12-5-6-14-22(20)30-23/h1-15H. The number of nitro benzene ring substituents is 1. The smallest absolute Gasteiger partial charge is 0.258 e. The molecule has 6 rings (SSSR count). The number of nitrogens with zero attached hydrogens (tertiary/aromatic N) is 1. The Morgan fingerprint density at radius 2 is 1.17 bits per heavy atom. The number of hydrogen-bond donors (Lipinski definition) is 0. The molecule has 0 bridgehead atoms. The van der Waals surface area contributed by atoms with Crippen LogP contribution >= 0.6 is 11.3 Å². The summed E-state index contributed by atoms with van der Waals surface area (Å²) in [6, 6.07) is 30.0. The van der Waals surface area contributed by atoms with E-state index >= 15 is 0 Å². The van der Waals surface area contributed by atoms with Gasteiger partial charge in [0.05, 0.1) is 15.9 Å². The van der Waals surface area contributed by atoms with Crippen LogP contribution in [0.5, 0.6) is 0 Å². The molecule has 1 heterocycles. The Balaban J connectivity index is 1.91. The van der Waals surface area contributed by atoms with Gasteiger partial charge in [0.25, 0.3) is 5.69 Å². The average Bonchev–Trinajstić information content (AvgIpc) is 3.17. The van der Waals surface area contributed by atoms with E-state index in [2.05, 4.69) is 24.3 Å². The van der Waals surface area contributed by atoms with E-state index in [0.29, 0.717) is 10.9 Å². The van der Waals surface area contributed by atoms with Crippen LogP contribution in [0.1, 0.15) is 0 Å². The topological polar surface area (TPSA) is 43.1 Å². The predicted molar refractivity (Wildman–Crippen MR) is 126 cm³/mol. The zero-order chi connectivity index (χ0) is 20.2. The van der Waals surface area contributed by atoms with Gasteiger partial charge in [-0.1, -0.05) is 72.8 Å². The van der Waals surface area contributed by atoms with E-state index in [1.807, 2.05) is 66.7 Å². The van der Waals surface area contributed by atoms with Crippen molar-refractivity contribution in [3.8, 4) is 11.1 Å². The maximum atomic E-state index is 12.4. The van der Waals surface area contributed by atoms with Crippen molar-refractivity contribution < 1.29 is 4.92 Å². The Bertz CT molecular complexity index is 1630. The van der Waals surface area contributed by atoms with Gasteiger partial charge < -0.3 is 0 Å². The minimum atomic E-state index is -0.225. The highest BCUT2D eigenvalue weighted by Gasteiger charge is 2.25. The molecule has 0 spiro atoms. The van der Waals surface area contributed by atoms with E-state index in [4.69, 9.17) is 0 Å². The van der Waals surface area contributed by atoms with Crippen LogP contribution in [0.4, 0.5) is 5.69 Å². The van der Waals surface area contributed by atoms with Crippen molar-refractivity contribution in [2.75, 3.05) is 0 Å². The van der Waals surface area contributed by atoms with Crippen LogP contribution in [0.15, 0.2) is 91.0 Å². The Kier molecular flexibility index (Phi) is 3.64. The molecule has 0 N–H and O–H groups in total. The number of benzene rings is 5. The van der Waals surface area contributed by atoms with Crippen LogP contribution in [0.25, 0.3) is 52.8 Å². The zero-order valence-electron chi connectivity index (χ0n) is 15.8. The van der Waals surface area contributed by atoms with Crippen molar-refractivity contribution in [3.63, 3.8) is 0 Å². The summed E-state index contributed by atoms with van der Waals surface area (Å²) in [6.07, 6.45) is 0. The summed E-state index contributed by atoms with van der Waals surface area (Å²) in [5.74, 6) is 0.